The fourth-order valence-corrected chi connectivity index (χ4v) is 4.06. The number of aromatic nitrogens is 1. The summed E-state index contributed by atoms with van der Waals surface area (Å²) in [5.74, 6) is 0.284. The molecule has 0 spiro atoms. The highest BCUT2D eigenvalue weighted by Gasteiger charge is 2.34. The maximum absolute atomic E-state index is 12.8. The number of hydrogen-bond donors (Lipinski definition) is 0. The van der Waals surface area contributed by atoms with Gasteiger partial charge in [0.2, 0.25) is 0 Å². The van der Waals surface area contributed by atoms with E-state index < -0.39 is 0 Å². The topological polar surface area (TPSA) is 22.0 Å². The largest absolute Gasteiger partial charge is 0.344 e. The van der Waals surface area contributed by atoms with E-state index in [1.807, 2.05) is 6.07 Å². The first-order valence-electron chi connectivity index (χ1n) is 9.38. The second kappa shape index (κ2) is 6.60. The predicted molar refractivity (Wildman–Crippen MR) is 106 cm³/mol. The third-order valence-corrected chi connectivity index (χ3v) is 5.33. The molecule has 0 amide bonds. The molecule has 132 valence electrons. The standard InChI is InChI=1S/C24H25NO/c1-24(2)16-22-20(23(26)17-24)15-21(19-11-7-4-8-12-19)25(22)14-13-18-9-5-3-6-10-18/h3-12,15H,13-14,16-17H2,1-2H3. The van der Waals surface area contributed by atoms with Gasteiger partial charge in [-0.1, -0.05) is 74.5 Å². The van der Waals surface area contributed by atoms with Gasteiger partial charge in [-0.25, -0.2) is 0 Å². The van der Waals surface area contributed by atoms with E-state index in [-0.39, 0.29) is 11.2 Å². The third kappa shape index (κ3) is 3.24. The number of rotatable bonds is 4. The van der Waals surface area contributed by atoms with Gasteiger partial charge >= 0.3 is 0 Å². The van der Waals surface area contributed by atoms with E-state index in [0.717, 1.165) is 30.6 Å². The summed E-state index contributed by atoms with van der Waals surface area (Å²) >= 11 is 0. The molecule has 4 rings (SSSR count). The fourth-order valence-electron chi connectivity index (χ4n) is 4.06. The van der Waals surface area contributed by atoms with E-state index in [1.165, 1.54) is 16.8 Å². The summed E-state index contributed by atoms with van der Waals surface area (Å²) in [5.41, 5.74) is 5.84. The molecule has 0 saturated heterocycles. The number of aryl methyl sites for hydroxylation is 1. The molecule has 1 aliphatic rings. The van der Waals surface area contributed by atoms with Crippen LogP contribution >= 0.6 is 0 Å². The quantitative estimate of drug-likeness (QED) is 0.608. The number of carbonyl (C=O) groups is 1. The number of fused-ring (bicyclic) bond motifs is 1. The Kier molecular flexibility index (Phi) is 4.28. The van der Waals surface area contributed by atoms with Crippen molar-refractivity contribution in [2.24, 2.45) is 5.41 Å². The van der Waals surface area contributed by atoms with Gasteiger partial charge in [-0.3, -0.25) is 4.79 Å². The van der Waals surface area contributed by atoms with E-state index in [9.17, 15) is 4.79 Å². The molecule has 1 aliphatic carbocycles. The zero-order chi connectivity index (χ0) is 18.1. The number of Topliss-reactive ketones (excluding diaryl/α,β-unsaturated/α-hetero) is 1. The van der Waals surface area contributed by atoms with Crippen LogP contribution in [0.1, 0.15) is 41.9 Å². The Balaban J connectivity index is 1.78. The van der Waals surface area contributed by atoms with Crippen molar-refractivity contribution in [2.75, 3.05) is 0 Å². The van der Waals surface area contributed by atoms with Crippen molar-refractivity contribution >= 4 is 5.78 Å². The second-order valence-electron chi connectivity index (χ2n) is 8.08. The summed E-state index contributed by atoms with van der Waals surface area (Å²) in [7, 11) is 0. The summed E-state index contributed by atoms with van der Waals surface area (Å²) in [6, 6.07) is 23.1. The van der Waals surface area contributed by atoms with Crippen LogP contribution in [0.15, 0.2) is 66.7 Å². The molecule has 0 fully saturated rings. The summed E-state index contributed by atoms with van der Waals surface area (Å²) in [5, 5.41) is 0. The molecule has 0 saturated carbocycles. The van der Waals surface area contributed by atoms with Gasteiger partial charge in [0.1, 0.15) is 0 Å². The Hall–Kier alpha value is -2.61. The van der Waals surface area contributed by atoms with E-state index in [4.69, 9.17) is 0 Å². The lowest BCUT2D eigenvalue weighted by molar-refractivity contribution is 0.0910. The average Bonchev–Trinajstić information content (AvgIpc) is 2.99. The van der Waals surface area contributed by atoms with Crippen LogP contribution in [-0.2, 0) is 19.4 Å². The average molecular weight is 343 g/mol. The zero-order valence-electron chi connectivity index (χ0n) is 15.5. The highest BCUT2D eigenvalue weighted by atomic mass is 16.1. The molecule has 1 heterocycles. The number of benzene rings is 2. The first kappa shape index (κ1) is 16.8. The maximum Gasteiger partial charge on any atom is 0.165 e. The van der Waals surface area contributed by atoms with E-state index in [2.05, 4.69) is 79.1 Å². The van der Waals surface area contributed by atoms with Crippen molar-refractivity contribution in [3.63, 3.8) is 0 Å². The SMILES string of the molecule is CC1(C)CC(=O)c2cc(-c3ccccc3)n(CCc3ccccc3)c2C1. The molecule has 2 heteroatoms. The molecule has 0 N–H and O–H groups in total. The maximum atomic E-state index is 12.8. The van der Waals surface area contributed by atoms with Crippen LogP contribution < -0.4 is 0 Å². The highest BCUT2D eigenvalue weighted by Crippen LogP contribution is 2.38. The molecule has 0 aliphatic heterocycles. The number of nitrogens with zero attached hydrogens (tertiary/aromatic N) is 1. The Morgan fingerprint density at radius 1 is 0.923 bits per heavy atom. The highest BCUT2D eigenvalue weighted by molar-refractivity contribution is 6.00. The van der Waals surface area contributed by atoms with Gasteiger partial charge in [-0.05, 0) is 35.4 Å². The molecule has 3 aromatic rings. The van der Waals surface area contributed by atoms with Crippen molar-refractivity contribution in [1.82, 2.24) is 4.57 Å². The molecule has 26 heavy (non-hydrogen) atoms. The zero-order valence-corrected chi connectivity index (χ0v) is 15.5. The van der Waals surface area contributed by atoms with Crippen LogP contribution in [0.4, 0.5) is 0 Å². The second-order valence-corrected chi connectivity index (χ2v) is 8.08. The lowest BCUT2D eigenvalue weighted by atomic mass is 9.76. The van der Waals surface area contributed by atoms with Crippen molar-refractivity contribution < 1.29 is 4.79 Å². The van der Waals surface area contributed by atoms with Gasteiger partial charge < -0.3 is 4.57 Å². The summed E-state index contributed by atoms with van der Waals surface area (Å²) in [6.45, 7) is 5.29. The Labute approximate surface area is 155 Å². The molecule has 0 unspecified atom stereocenters. The molecular weight excluding hydrogens is 318 g/mol. The van der Waals surface area contributed by atoms with Crippen LogP contribution in [0.5, 0.6) is 0 Å². The van der Waals surface area contributed by atoms with Crippen molar-refractivity contribution in [2.45, 2.75) is 39.7 Å². The smallest absolute Gasteiger partial charge is 0.165 e. The molecule has 0 atom stereocenters. The van der Waals surface area contributed by atoms with Gasteiger partial charge in [-0.2, -0.15) is 0 Å². The fraction of sp³-hybridized carbons (Fsp3) is 0.292. The monoisotopic (exact) mass is 343 g/mol. The summed E-state index contributed by atoms with van der Waals surface area (Å²) < 4.78 is 2.39. The number of carbonyl (C=O) groups excluding carboxylic acids is 1. The first-order valence-corrected chi connectivity index (χ1v) is 9.38. The van der Waals surface area contributed by atoms with Crippen molar-refractivity contribution in [3.05, 3.63) is 83.6 Å². The Morgan fingerprint density at radius 3 is 2.27 bits per heavy atom. The van der Waals surface area contributed by atoms with Gasteiger partial charge in [-0.15, -0.1) is 0 Å². The predicted octanol–water partition coefficient (Wildman–Crippen LogP) is 5.55. The van der Waals surface area contributed by atoms with E-state index in [1.54, 1.807) is 0 Å². The van der Waals surface area contributed by atoms with E-state index in [0.29, 0.717) is 6.42 Å². The number of hydrogen-bond acceptors (Lipinski definition) is 1. The van der Waals surface area contributed by atoms with Crippen LogP contribution in [0, 0.1) is 5.41 Å². The van der Waals surface area contributed by atoms with Crippen LogP contribution in [0.3, 0.4) is 0 Å². The molecule has 1 aromatic heterocycles. The molecule has 2 nitrogen and oxygen atoms in total. The van der Waals surface area contributed by atoms with Gasteiger partial charge in [0.05, 0.1) is 0 Å². The summed E-state index contributed by atoms with van der Waals surface area (Å²) in [6.07, 6.45) is 2.56. The summed E-state index contributed by atoms with van der Waals surface area (Å²) in [4.78, 5) is 12.8. The van der Waals surface area contributed by atoms with Crippen LogP contribution in [0.25, 0.3) is 11.3 Å². The van der Waals surface area contributed by atoms with Crippen molar-refractivity contribution in [3.8, 4) is 11.3 Å². The minimum absolute atomic E-state index is 0.0287. The Bertz CT molecular complexity index is 920. The molecule has 0 bridgehead atoms. The van der Waals surface area contributed by atoms with E-state index >= 15 is 0 Å². The van der Waals surface area contributed by atoms with Crippen LogP contribution in [0.2, 0.25) is 0 Å². The molecule has 2 aromatic carbocycles. The normalized spacial score (nSPS) is 15.7. The molecular formula is C24H25NO. The Morgan fingerprint density at radius 2 is 1.58 bits per heavy atom. The van der Waals surface area contributed by atoms with Gasteiger partial charge in [0.25, 0.3) is 0 Å². The number of ketones is 1. The minimum atomic E-state index is 0.0287. The lowest BCUT2D eigenvalue weighted by Gasteiger charge is -2.30. The first-order chi connectivity index (χ1) is 12.5. The van der Waals surface area contributed by atoms with Gasteiger partial charge in [0.15, 0.2) is 5.78 Å². The molecule has 0 radical (unpaired) electrons. The minimum Gasteiger partial charge on any atom is -0.344 e. The lowest BCUT2D eigenvalue weighted by Crippen LogP contribution is -2.28. The third-order valence-electron chi connectivity index (χ3n) is 5.33. The van der Waals surface area contributed by atoms with Crippen molar-refractivity contribution in [1.29, 1.82) is 0 Å². The van der Waals surface area contributed by atoms with Gasteiger partial charge in [0, 0.05) is 29.9 Å². The van der Waals surface area contributed by atoms with Crippen LogP contribution in [-0.4, -0.2) is 10.4 Å².